The number of carbonyl (C=O) groups excluding carboxylic acids is 1. The Labute approximate surface area is 111 Å². The van der Waals surface area contributed by atoms with Crippen LogP contribution in [0.4, 0.5) is 5.13 Å². The zero-order chi connectivity index (χ0) is 13.1. The third-order valence-corrected chi connectivity index (χ3v) is 4.07. The van der Waals surface area contributed by atoms with Gasteiger partial charge in [-0.3, -0.25) is 4.79 Å². The summed E-state index contributed by atoms with van der Waals surface area (Å²) in [6.45, 7) is 8.52. The van der Waals surface area contributed by atoms with Gasteiger partial charge in [-0.25, -0.2) is 4.98 Å². The lowest BCUT2D eigenvalue weighted by Crippen LogP contribution is -2.46. The molecule has 1 aliphatic heterocycles. The van der Waals surface area contributed by atoms with Crippen LogP contribution in [-0.2, 0) is 9.53 Å². The lowest BCUT2D eigenvalue weighted by molar-refractivity contribution is -0.135. The van der Waals surface area contributed by atoms with Crippen LogP contribution in [0.3, 0.4) is 0 Å². The van der Waals surface area contributed by atoms with Crippen molar-refractivity contribution in [2.45, 2.75) is 26.8 Å². The van der Waals surface area contributed by atoms with Crippen molar-refractivity contribution in [2.75, 3.05) is 31.6 Å². The summed E-state index contributed by atoms with van der Waals surface area (Å²) in [5, 5.41) is 3.99. The molecule has 100 valence electrons. The molecule has 1 fully saturated rings. The fourth-order valence-corrected chi connectivity index (χ4v) is 2.74. The molecule has 1 unspecified atom stereocenters. The molecule has 1 aromatic rings. The molecule has 1 aliphatic rings. The average Bonchev–Trinajstić information content (AvgIpc) is 2.68. The predicted octanol–water partition coefficient (Wildman–Crippen LogP) is 1.42. The summed E-state index contributed by atoms with van der Waals surface area (Å²) in [4.78, 5) is 19.6. The van der Waals surface area contributed by atoms with Gasteiger partial charge in [-0.15, -0.1) is 11.3 Å². The van der Waals surface area contributed by atoms with E-state index in [4.69, 9.17) is 4.74 Å². The Morgan fingerprint density at radius 3 is 2.67 bits per heavy atom. The topological polar surface area (TPSA) is 54.5 Å². The number of hydrogen-bond acceptors (Lipinski definition) is 5. The quantitative estimate of drug-likeness (QED) is 0.901. The van der Waals surface area contributed by atoms with E-state index < -0.39 is 0 Å². The van der Waals surface area contributed by atoms with Crippen molar-refractivity contribution in [2.24, 2.45) is 0 Å². The summed E-state index contributed by atoms with van der Waals surface area (Å²) in [5.41, 5.74) is 1.02. The first-order valence-corrected chi connectivity index (χ1v) is 6.96. The van der Waals surface area contributed by atoms with E-state index in [1.165, 1.54) is 4.88 Å². The first-order chi connectivity index (χ1) is 8.58. The van der Waals surface area contributed by atoms with E-state index in [2.05, 4.69) is 10.3 Å². The number of amides is 1. The molecule has 1 saturated heterocycles. The zero-order valence-electron chi connectivity index (χ0n) is 11.0. The molecule has 2 heterocycles. The van der Waals surface area contributed by atoms with E-state index in [0.29, 0.717) is 26.3 Å². The summed E-state index contributed by atoms with van der Waals surface area (Å²) in [6.07, 6.45) is 0. The number of anilines is 1. The van der Waals surface area contributed by atoms with Crippen LogP contribution in [0.1, 0.15) is 17.5 Å². The van der Waals surface area contributed by atoms with Crippen molar-refractivity contribution >= 4 is 22.4 Å². The van der Waals surface area contributed by atoms with Gasteiger partial charge in [0.25, 0.3) is 0 Å². The van der Waals surface area contributed by atoms with Gasteiger partial charge in [0, 0.05) is 18.0 Å². The number of nitrogens with one attached hydrogen (secondary N) is 1. The van der Waals surface area contributed by atoms with E-state index in [-0.39, 0.29) is 11.9 Å². The minimum Gasteiger partial charge on any atom is -0.378 e. The number of morpholine rings is 1. The molecule has 1 amide bonds. The largest absolute Gasteiger partial charge is 0.378 e. The maximum atomic E-state index is 12.2. The van der Waals surface area contributed by atoms with Gasteiger partial charge >= 0.3 is 0 Å². The van der Waals surface area contributed by atoms with Crippen molar-refractivity contribution in [3.63, 3.8) is 0 Å². The second-order valence-electron chi connectivity index (χ2n) is 4.46. The molecular weight excluding hydrogens is 250 g/mol. The molecule has 0 spiro atoms. The second kappa shape index (κ2) is 5.67. The van der Waals surface area contributed by atoms with Crippen molar-refractivity contribution in [1.29, 1.82) is 0 Å². The van der Waals surface area contributed by atoms with Gasteiger partial charge in [-0.2, -0.15) is 0 Å². The van der Waals surface area contributed by atoms with Gasteiger partial charge in [0.15, 0.2) is 5.13 Å². The van der Waals surface area contributed by atoms with Crippen LogP contribution in [-0.4, -0.2) is 48.1 Å². The maximum absolute atomic E-state index is 12.2. The number of thiazole rings is 1. The van der Waals surface area contributed by atoms with Crippen LogP contribution >= 0.6 is 11.3 Å². The smallest absolute Gasteiger partial charge is 0.244 e. The van der Waals surface area contributed by atoms with Gasteiger partial charge in [0.2, 0.25) is 5.91 Å². The lowest BCUT2D eigenvalue weighted by Gasteiger charge is -2.29. The Hall–Kier alpha value is -1.14. The van der Waals surface area contributed by atoms with Crippen molar-refractivity contribution in [3.05, 3.63) is 10.6 Å². The molecule has 1 atom stereocenters. The van der Waals surface area contributed by atoms with E-state index in [9.17, 15) is 4.79 Å². The first-order valence-electron chi connectivity index (χ1n) is 6.15. The van der Waals surface area contributed by atoms with Gasteiger partial charge in [-0.05, 0) is 20.8 Å². The molecule has 0 radical (unpaired) electrons. The van der Waals surface area contributed by atoms with Crippen LogP contribution in [0.5, 0.6) is 0 Å². The molecule has 0 aromatic carbocycles. The number of ether oxygens (including phenoxy) is 1. The second-order valence-corrected chi connectivity index (χ2v) is 5.67. The SMILES string of the molecule is Cc1nc(NC(C)C(=O)N2CCOCC2)sc1C. The summed E-state index contributed by atoms with van der Waals surface area (Å²) in [7, 11) is 0. The van der Waals surface area contributed by atoms with Crippen LogP contribution in [0, 0.1) is 13.8 Å². The zero-order valence-corrected chi connectivity index (χ0v) is 11.8. The van der Waals surface area contributed by atoms with E-state index in [1.807, 2.05) is 25.7 Å². The molecular formula is C12H19N3O2S. The molecule has 5 nitrogen and oxygen atoms in total. The molecule has 1 N–H and O–H groups in total. The Balaban J connectivity index is 1.94. The third-order valence-electron chi connectivity index (χ3n) is 3.06. The summed E-state index contributed by atoms with van der Waals surface area (Å²) >= 11 is 1.59. The van der Waals surface area contributed by atoms with Gasteiger partial charge in [0.05, 0.1) is 18.9 Å². The molecule has 18 heavy (non-hydrogen) atoms. The molecule has 1 aromatic heterocycles. The number of rotatable bonds is 3. The fourth-order valence-electron chi connectivity index (χ4n) is 1.84. The minimum absolute atomic E-state index is 0.115. The van der Waals surface area contributed by atoms with E-state index >= 15 is 0 Å². The summed E-state index contributed by atoms with van der Waals surface area (Å²) in [5.74, 6) is 0.115. The summed E-state index contributed by atoms with van der Waals surface area (Å²) < 4.78 is 5.24. The van der Waals surface area contributed by atoms with Crippen molar-refractivity contribution in [1.82, 2.24) is 9.88 Å². The van der Waals surface area contributed by atoms with Gasteiger partial charge in [-0.1, -0.05) is 0 Å². The Morgan fingerprint density at radius 1 is 1.44 bits per heavy atom. The normalized spacial score (nSPS) is 17.6. The van der Waals surface area contributed by atoms with Crippen LogP contribution < -0.4 is 5.32 Å². The third kappa shape index (κ3) is 3.00. The lowest BCUT2D eigenvalue weighted by atomic mass is 10.2. The summed E-state index contributed by atoms with van der Waals surface area (Å²) in [6, 6.07) is -0.243. The molecule has 0 aliphatic carbocycles. The van der Waals surface area contributed by atoms with Crippen molar-refractivity contribution < 1.29 is 9.53 Å². The molecule has 0 bridgehead atoms. The maximum Gasteiger partial charge on any atom is 0.244 e. The Kier molecular flexibility index (Phi) is 4.19. The van der Waals surface area contributed by atoms with Gasteiger partial charge in [0.1, 0.15) is 6.04 Å². The highest BCUT2D eigenvalue weighted by atomic mass is 32.1. The minimum atomic E-state index is -0.243. The standard InChI is InChI=1S/C12H19N3O2S/c1-8-10(3)18-12(13-8)14-9(2)11(16)15-4-6-17-7-5-15/h9H,4-7H2,1-3H3,(H,13,14). The van der Waals surface area contributed by atoms with Crippen LogP contribution in [0.15, 0.2) is 0 Å². The number of hydrogen-bond donors (Lipinski definition) is 1. The predicted molar refractivity (Wildman–Crippen MR) is 72.1 cm³/mol. The Morgan fingerprint density at radius 2 is 2.11 bits per heavy atom. The molecule has 6 heteroatoms. The van der Waals surface area contributed by atoms with Crippen LogP contribution in [0.25, 0.3) is 0 Å². The number of nitrogens with zero attached hydrogens (tertiary/aromatic N) is 2. The highest BCUT2D eigenvalue weighted by Crippen LogP contribution is 2.22. The van der Waals surface area contributed by atoms with E-state index in [0.717, 1.165) is 10.8 Å². The van der Waals surface area contributed by atoms with Gasteiger partial charge < -0.3 is 15.0 Å². The highest BCUT2D eigenvalue weighted by Gasteiger charge is 2.23. The number of aromatic nitrogens is 1. The number of carbonyl (C=O) groups is 1. The number of aryl methyl sites for hydroxylation is 2. The Bertz CT molecular complexity index is 407. The van der Waals surface area contributed by atoms with E-state index in [1.54, 1.807) is 11.3 Å². The van der Waals surface area contributed by atoms with Crippen LogP contribution in [0.2, 0.25) is 0 Å². The van der Waals surface area contributed by atoms with Crippen molar-refractivity contribution in [3.8, 4) is 0 Å². The average molecular weight is 269 g/mol. The molecule has 0 saturated carbocycles. The monoisotopic (exact) mass is 269 g/mol. The molecule has 2 rings (SSSR count). The first kappa shape index (κ1) is 13.3. The fraction of sp³-hybridized carbons (Fsp3) is 0.667. The highest BCUT2D eigenvalue weighted by molar-refractivity contribution is 7.15.